The molecule has 9 heavy (non-hydrogen) atoms. The minimum Gasteiger partial charge on any atom is -0.370 e. The van der Waals surface area contributed by atoms with Crippen LogP contribution in [0.5, 0.6) is 0 Å². The number of thiol groups is 1. The second kappa shape index (κ2) is 2.26. The van der Waals surface area contributed by atoms with Gasteiger partial charge in [0, 0.05) is 5.75 Å². The van der Waals surface area contributed by atoms with Gasteiger partial charge in [-0.25, -0.2) is 4.99 Å². The van der Waals surface area contributed by atoms with Crippen molar-refractivity contribution in [3.63, 3.8) is 0 Å². The van der Waals surface area contributed by atoms with Crippen LogP contribution in [0.4, 0.5) is 0 Å². The van der Waals surface area contributed by atoms with Crippen molar-refractivity contribution in [1.82, 2.24) is 5.32 Å². The van der Waals surface area contributed by atoms with Gasteiger partial charge >= 0.3 is 0 Å². The van der Waals surface area contributed by atoms with E-state index in [-0.39, 0.29) is 17.9 Å². The molecule has 50 valence electrons. The molecule has 0 fully saturated rings. The van der Waals surface area contributed by atoms with E-state index in [9.17, 15) is 4.79 Å². The molecule has 0 saturated heterocycles. The molecule has 0 aromatic carbocycles. The number of guanidine groups is 1. The van der Waals surface area contributed by atoms with E-state index in [1.807, 2.05) is 0 Å². The van der Waals surface area contributed by atoms with E-state index in [0.29, 0.717) is 5.75 Å². The summed E-state index contributed by atoms with van der Waals surface area (Å²) in [5.41, 5.74) is 5.18. The van der Waals surface area contributed by atoms with Crippen molar-refractivity contribution in [2.45, 2.75) is 6.04 Å². The van der Waals surface area contributed by atoms with Gasteiger partial charge in [0.2, 0.25) is 0 Å². The molecule has 4 nitrogen and oxygen atoms in total. The van der Waals surface area contributed by atoms with E-state index in [0.717, 1.165) is 0 Å². The second-order valence-electron chi connectivity index (χ2n) is 1.70. The van der Waals surface area contributed by atoms with Crippen LogP contribution in [0.25, 0.3) is 0 Å². The van der Waals surface area contributed by atoms with Gasteiger partial charge < -0.3 is 5.73 Å². The Morgan fingerprint density at radius 3 is 2.78 bits per heavy atom. The fourth-order valence-corrected chi connectivity index (χ4v) is 0.840. The third kappa shape index (κ3) is 1.16. The summed E-state index contributed by atoms with van der Waals surface area (Å²) in [7, 11) is 0. The van der Waals surface area contributed by atoms with E-state index in [1.54, 1.807) is 0 Å². The average molecular weight is 145 g/mol. The number of carbonyl (C=O) groups is 1. The molecule has 1 aliphatic heterocycles. The summed E-state index contributed by atoms with van der Waals surface area (Å²) in [6, 6.07) is -0.381. The molecule has 1 rings (SSSR count). The van der Waals surface area contributed by atoms with E-state index >= 15 is 0 Å². The monoisotopic (exact) mass is 145 g/mol. The Hall–Kier alpha value is -0.710. The van der Waals surface area contributed by atoms with E-state index in [2.05, 4.69) is 22.9 Å². The highest BCUT2D eigenvalue weighted by molar-refractivity contribution is 7.80. The zero-order chi connectivity index (χ0) is 6.85. The molecule has 3 N–H and O–H groups in total. The number of hydrogen-bond acceptors (Lipinski definition) is 4. The first-order valence-electron chi connectivity index (χ1n) is 2.49. The number of amides is 1. The maximum absolute atomic E-state index is 10.7. The summed E-state index contributed by atoms with van der Waals surface area (Å²) in [6.07, 6.45) is 0. The highest BCUT2D eigenvalue weighted by atomic mass is 32.1. The van der Waals surface area contributed by atoms with Gasteiger partial charge in [-0.3, -0.25) is 10.1 Å². The smallest absolute Gasteiger partial charge is 0.252 e. The molecular formula is C4H7N3OS. The molecule has 0 saturated carbocycles. The third-order valence-corrected chi connectivity index (χ3v) is 1.37. The number of nitrogens with one attached hydrogen (secondary N) is 1. The third-order valence-electron chi connectivity index (χ3n) is 1.02. The van der Waals surface area contributed by atoms with Crippen molar-refractivity contribution in [3.05, 3.63) is 0 Å². The quantitative estimate of drug-likeness (QED) is 0.403. The Balaban J connectivity index is 2.64. The van der Waals surface area contributed by atoms with Crippen molar-refractivity contribution >= 4 is 24.5 Å². The molecule has 0 aromatic rings. The maximum atomic E-state index is 10.7. The predicted molar refractivity (Wildman–Crippen MR) is 37.4 cm³/mol. The standard InChI is InChI=1S/C4H7N3OS/c5-4-6-2(1-9)3(8)7-4/h2,9H,1H2,(H3,5,6,7,8). The van der Waals surface area contributed by atoms with Crippen molar-refractivity contribution in [1.29, 1.82) is 0 Å². The maximum Gasteiger partial charge on any atom is 0.252 e. The van der Waals surface area contributed by atoms with Gasteiger partial charge in [-0.05, 0) is 0 Å². The average Bonchev–Trinajstić information content (AvgIpc) is 2.10. The van der Waals surface area contributed by atoms with Gasteiger partial charge in [0.25, 0.3) is 5.91 Å². The van der Waals surface area contributed by atoms with Crippen molar-refractivity contribution in [2.75, 3.05) is 5.75 Å². The summed E-state index contributed by atoms with van der Waals surface area (Å²) in [5.74, 6) is 0.438. The van der Waals surface area contributed by atoms with Crippen molar-refractivity contribution in [2.24, 2.45) is 10.7 Å². The van der Waals surface area contributed by atoms with Gasteiger partial charge in [-0.2, -0.15) is 12.6 Å². The molecule has 1 aliphatic rings. The molecule has 0 aliphatic carbocycles. The Bertz CT molecular complexity index is 167. The van der Waals surface area contributed by atoms with Crippen LogP contribution >= 0.6 is 12.6 Å². The second-order valence-corrected chi connectivity index (χ2v) is 2.07. The lowest BCUT2D eigenvalue weighted by atomic mass is 10.4. The number of nitrogens with zero attached hydrogens (tertiary/aromatic N) is 1. The summed E-state index contributed by atoms with van der Waals surface area (Å²) in [5, 5.41) is 2.36. The predicted octanol–water partition coefficient (Wildman–Crippen LogP) is -1.27. The van der Waals surface area contributed by atoms with Crippen LogP contribution in [0.15, 0.2) is 4.99 Å². The Morgan fingerprint density at radius 2 is 2.56 bits per heavy atom. The van der Waals surface area contributed by atoms with Crippen molar-refractivity contribution < 1.29 is 4.79 Å². The summed E-state index contributed by atoms with van der Waals surface area (Å²) < 4.78 is 0. The van der Waals surface area contributed by atoms with Gasteiger partial charge in [0.1, 0.15) is 6.04 Å². The molecule has 1 unspecified atom stereocenters. The molecule has 0 radical (unpaired) electrons. The molecule has 1 atom stereocenters. The number of nitrogens with two attached hydrogens (primary N) is 1. The topological polar surface area (TPSA) is 67.5 Å². The first-order chi connectivity index (χ1) is 4.24. The van der Waals surface area contributed by atoms with E-state index in [4.69, 9.17) is 5.73 Å². The summed E-state index contributed by atoms with van der Waals surface area (Å²) in [6.45, 7) is 0. The van der Waals surface area contributed by atoms with Crippen LogP contribution in [-0.2, 0) is 4.79 Å². The normalized spacial score (nSPS) is 25.7. The number of carbonyl (C=O) groups excluding carboxylic acids is 1. The van der Waals surface area contributed by atoms with E-state index in [1.165, 1.54) is 0 Å². The molecule has 1 amide bonds. The zero-order valence-corrected chi connectivity index (χ0v) is 5.56. The molecule has 0 spiro atoms. The lowest BCUT2D eigenvalue weighted by Crippen LogP contribution is -2.33. The largest absolute Gasteiger partial charge is 0.370 e. The fourth-order valence-electron chi connectivity index (χ4n) is 0.592. The lowest BCUT2D eigenvalue weighted by Gasteiger charge is -1.94. The van der Waals surface area contributed by atoms with Crippen LogP contribution in [0, 0.1) is 0 Å². The van der Waals surface area contributed by atoms with Gasteiger partial charge in [-0.1, -0.05) is 0 Å². The Labute approximate surface area is 57.9 Å². The number of rotatable bonds is 1. The zero-order valence-electron chi connectivity index (χ0n) is 4.66. The van der Waals surface area contributed by atoms with Gasteiger partial charge in [0.15, 0.2) is 5.96 Å². The first kappa shape index (κ1) is 6.41. The van der Waals surface area contributed by atoms with Crippen molar-refractivity contribution in [3.8, 4) is 0 Å². The fraction of sp³-hybridized carbons (Fsp3) is 0.500. The van der Waals surface area contributed by atoms with E-state index < -0.39 is 0 Å². The SMILES string of the molecule is NC1=NC(CS)C(=O)N1. The minimum absolute atomic E-state index is 0.164. The molecule has 0 aromatic heterocycles. The Morgan fingerprint density at radius 1 is 1.89 bits per heavy atom. The van der Waals surface area contributed by atoms with Crippen LogP contribution < -0.4 is 11.1 Å². The summed E-state index contributed by atoms with van der Waals surface area (Å²) in [4.78, 5) is 14.4. The van der Waals surface area contributed by atoms with Crippen LogP contribution in [0.1, 0.15) is 0 Å². The van der Waals surface area contributed by atoms with Gasteiger partial charge in [0.05, 0.1) is 0 Å². The number of aliphatic imine (C=N–C) groups is 1. The van der Waals surface area contributed by atoms with Crippen LogP contribution in [0.3, 0.4) is 0 Å². The van der Waals surface area contributed by atoms with Gasteiger partial charge in [-0.15, -0.1) is 0 Å². The summed E-state index contributed by atoms with van der Waals surface area (Å²) >= 11 is 3.89. The first-order valence-corrected chi connectivity index (χ1v) is 3.12. The molecule has 5 heteroatoms. The Kier molecular flexibility index (Phi) is 1.61. The highest BCUT2D eigenvalue weighted by Gasteiger charge is 2.22. The number of hydrogen-bond donors (Lipinski definition) is 3. The van der Waals surface area contributed by atoms with Crippen LogP contribution in [-0.4, -0.2) is 23.7 Å². The molecular weight excluding hydrogens is 138 g/mol. The lowest BCUT2D eigenvalue weighted by molar-refractivity contribution is -0.119. The molecule has 1 heterocycles. The minimum atomic E-state index is -0.381. The van der Waals surface area contributed by atoms with Crippen LogP contribution in [0.2, 0.25) is 0 Å². The highest BCUT2D eigenvalue weighted by Crippen LogP contribution is 1.98. The molecule has 0 bridgehead atoms.